The molecule has 1 atom stereocenters. The second-order valence-electron chi connectivity index (χ2n) is 7.60. The van der Waals surface area contributed by atoms with Gasteiger partial charge in [-0.25, -0.2) is 0 Å². The number of nitrogens with one attached hydrogen (secondary N) is 1. The summed E-state index contributed by atoms with van der Waals surface area (Å²) in [6, 6.07) is 12.5. The van der Waals surface area contributed by atoms with Crippen LogP contribution in [0, 0.1) is 19.8 Å². The zero-order valence-corrected chi connectivity index (χ0v) is 17.0. The van der Waals surface area contributed by atoms with E-state index in [1.807, 2.05) is 32.0 Å². The number of benzene rings is 2. The van der Waals surface area contributed by atoms with Crippen LogP contribution < -0.4 is 10.1 Å². The van der Waals surface area contributed by atoms with Gasteiger partial charge in [-0.15, -0.1) is 0 Å². The maximum Gasteiger partial charge on any atom is 0.316 e. The van der Waals surface area contributed by atoms with Crippen LogP contribution in [0.15, 0.2) is 42.5 Å². The third kappa shape index (κ3) is 5.44. The number of ether oxygens (including phenoxy) is 1. The molecule has 2 aromatic carbocycles. The molecule has 0 unspecified atom stereocenters. The molecule has 152 valence electrons. The van der Waals surface area contributed by atoms with Gasteiger partial charge in [0.15, 0.2) is 0 Å². The standard InChI is InChI=1S/C23H26N2O4/c1-15-10-16(2)12-19(11-15)22(27)25-9-5-6-18(14-25)23(28)29-21-8-4-7-20(13-21)24-17(3)26/h4,7-8,10-13,18H,5-6,9,14H2,1-3H3,(H,24,26)/t18-/m0/s1. The summed E-state index contributed by atoms with van der Waals surface area (Å²) in [4.78, 5) is 38.5. The van der Waals surface area contributed by atoms with E-state index in [2.05, 4.69) is 5.32 Å². The van der Waals surface area contributed by atoms with Crippen LogP contribution >= 0.6 is 0 Å². The van der Waals surface area contributed by atoms with E-state index in [1.54, 1.807) is 29.2 Å². The van der Waals surface area contributed by atoms with Crippen molar-refractivity contribution >= 4 is 23.5 Å². The first kappa shape index (κ1) is 20.6. The minimum Gasteiger partial charge on any atom is -0.426 e. The van der Waals surface area contributed by atoms with Gasteiger partial charge in [-0.1, -0.05) is 23.3 Å². The predicted octanol–water partition coefficient (Wildman–Crippen LogP) is 3.72. The van der Waals surface area contributed by atoms with Gasteiger partial charge in [-0.05, 0) is 51.0 Å². The molecule has 0 spiro atoms. The fourth-order valence-corrected chi connectivity index (χ4v) is 3.67. The number of hydrogen-bond donors (Lipinski definition) is 1. The number of amides is 2. The number of aryl methyl sites for hydroxylation is 2. The summed E-state index contributed by atoms with van der Waals surface area (Å²) in [5, 5.41) is 2.66. The van der Waals surface area contributed by atoms with Crippen molar-refractivity contribution in [1.82, 2.24) is 4.90 Å². The van der Waals surface area contributed by atoms with Crippen LogP contribution in [0.2, 0.25) is 0 Å². The van der Waals surface area contributed by atoms with Crippen molar-refractivity contribution in [1.29, 1.82) is 0 Å². The van der Waals surface area contributed by atoms with E-state index >= 15 is 0 Å². The highest BCUT2D eigenvalue weighted by molar-refractivity contribution is 5.95. The molecular formula is C23H26N2O4. The second-order valence-corrected chi connectivity index (χ2v) is 7.60. The Morgan fingerprint density at radius 2 is 1.79 bits per heavy atom. The van der Waals surface area contributed by atoms with Crippen LogP contribution in [0.4, 0.5) is 5.69 Å². The number of anilines is 1. The highest BCUT2D eigenvalue weighted by Crippen LogP contribution is 2.23. The van der Waals surface area contributed by atoms with Gasteiger partial charge < -0.3 is 15.0 Å². The van der Waals surface area contributed by atoms with Crippen LogP contribution in [-0.4, -0.2) is 35.8 Å². The summed E-state index contributed by atoms with van der Waals surface area (Å²) >= 11 is 0. The van der Waals surface area contributed by atoms with Crippen LogP contribution in [0.25, 0.3) is 0 Å². The molecule has 1 aliphatic rings. The lowest BCUT2D eigenvalue weighted by atomic mass is 9.97. The van der Waals surface area contributed by atoms with E-state index in [4.69, 9.17) is 4.74 Å². The molecule has 2 aromatic rings. The molecule has 1 N–H and O–H groups in total. The molecule has 2 amide bonds. The summed E-state index contributed by atoms with van der Waals surface area (Å²) in [5.41, 5.74) is 3.30. The van der Waals surface area contributed by atoms with Crippen molar-refractivity contribution in [2.45, 2.75) is 33.6 Å². The lowest BCUT2D eigenvalue weighted by Gasteiger charge is -2.31. The third-order valence-corrected chi connectivity index (χ3v) is 4.88. The number of likely N-dealkylation sites (tertiary alicyclic amines) is 1. The maximum absolute atomic E-state index is 12.9. The molecule has 0 aliphatic carbocycles. The van der Waals surface area contributed by atoms with Crippen LogP contribution in [0.5, 0.6) is 5.75 Å². The van der Waals surface area contributed by atoms with E-state index in [-0.39, 0.29) is 23.7 Å². The van der Waals surface area contributed by atoms with Gasteiger partial charge in [0, 0.05) is 37.3 Å². The molecule has 0 bridgehead atoms. The van der Waals surface area contributed by atoms with Crippen molar-refractivity contribution < 1.29 is 19.1 Å². The van der Waals surface area contributed by atoms with Crippen molar-refractivity contribution in [2.75, 3.05) is 18.4 Å². The molecule has 1 heterocycles. The van der Waals surface area contributed by atoms with Gasteiger partial charge in [0.25, 0.3) is 5.91 Å². The van der Waals surface area contributed by atoms with E-state index in [1.165, 1.54) is 6.92 Å². The van der Waals surface area contributed by atoms with E-state index < -0.39 is 0 Å². The van der Waals surface area contributed by atoms with E-state index in [0.717, 1.165) is 17.5 Å². The Balaban J connectivity index is 1.66. The number of piperidine rings is 1. The zero-order valence-electron chi connectivity index (χ0n) is 17.0. The molecule has 0 aromatic heterocycles. The molecule has 6 nitrogen and oxygen atoms in total. The fraction of sp³-hybridized carbons (Fsp3) is 0.348. The van der Waals surface area contributed by atoms with Crippen molar-refractivity contribution in [3.05, 3.63) is 59.2 Å². The van der Waals surface area contributed by atoms with Gasteiger partial charge in [-0.3, -0.25) is 14.4 Å². The largest absolute Gasteiger partial charge is 0.426 e. The summed E-state index contributed by atoms with van der Waals surface area (Å²) < 4.78 is 5.52. The number of nitrogens with zero attached hydrogens (tertiary/aromatic N) is 1. The van der Waals surface area contributed by atoms with Gasteiger partial charge in [-0.2, -0.15) is 0 Å². The Hall–Kier alpha value is -3.15. The first-order valence-corrected chi connectivity index (χ1v) is 9.79. The Bertz CT molecular complexity index is 918. The fourth-order valence-electron chi connectivity index (χ4n) is 3.67. The van der Waals surface area contributed by atoms with Crippen LogP contribution in [0.1, 0.15) is 41.3 Å². The highest BCUT2D eigenvalue weighted by Gasteiger charge is 2.30. The van der Waals surface area contributed by atoms with Gasteiger partial charge in [0.1, 0.15) is 5.75 Å². The van der Waals surface area contributed by atoms with E-state index in [9.17, 15) is 14.4 Å². The predicted molar refractivity (Wildman–Crippen MR) is 111 cm³/mol. The normalized spacial score (nSPS) is 16.2. The monoisotopic (exact) mass is 394 g/mol. The van der Waals surface area contributed by atoms with Crippen molar-refractivity contribution in [3.8, 4) is 5.75 Å². The van der Waals surface area contributed by atoms with Crippen molar-refractivity contribution in [3.63, 3.8) is 0 Å². The van der Waals surface area contributed by atoms with Crippen molar-refractivity contribution in [2.24, 2.45) is 5.92 Å². The Morgan fingerprint density at radius 1 is 1.07 bits per heavy atom. The highest BCUT2D eigenvalue weighted by atomic mass is 16.5. The first-order valence-electron chi connectivity index (χ1n) is 9.79. The SMILES string of the molecule is CC(=O)Nc1cccc(OC(=O)[C@H]2CCCN(C(=O)c3cc(C)cc(C)c3)C2)c1. The summed E-state index contributed by atoms with van der Waals surface area (Å²) in [7, 11) is 0. The lowest BCUT2D eigenvalue weighted by Crippen LogP contribution is -2.43. The number of rotatable bonds is 4. The Morgan fingerprint density at radius 3 is 2.48 bits per heavy atom. The molecular weight excluding hydrogens is 368 g/mol. The quantitative estimate of drug-likeness (QED) is 0.633. The topological polar surface area (TPSA) is 75.7 Å². The molecule has 6 heteroatoms. The Kier molecular flexibility index (Phi) is 6.32. The molecule has 1 aliphatic heterocycles. The third-order valence-electron chi connectivity index (χ3n) is 4.88. The number of carbonyl (C=O) groups is 3. The molecule has 29 heavy (non-hydrogen) atoms. The first-order chi connectivity index (χ1) is 13.8. The molecule has 0 saturated carbocycles. The molecule has 3 rings (SSSR count). The minimum atomic E-state index is -0.372. The lowest BCUT2D eigenvalue weighted by molar-refractivity contribution is -0.140. The summed E-state index contributed by atoms with van der Waals surface area (Å²) in [6.45, 7) is 6.33. The average Bonchev–Trinajstić information content (AvgIpc) is 2.66. The Labute approximate surface area is 170 Å². The molecule has 1 saturated heterocycles. The average molecular weight is 394 g/mol. The van der Waals surface area contributed by atoms with Crippen LogP contribution in [-0.2, 0) is 9.59 Å². The smallest absolute Gasteiger partial charge is 0.316 e. The maximum atomic E-state index is 12.9. The second kappa shape index (κ2) is 8.90. The number of carbonyl (C=O) groups excluding carboxylic acids is 3. The van der Waals surface area contributed by atoms with Gasteiger partial charge >= 0.3 is 5.97 Å². The van der Waals surface area contributed by atoms with Gasteiger partial charge in [0.2, 0.25) is 5.91 Å². The number of esters is 1. The van der Waals surface area contributed by atoms with Gasteiger partial charge in [0.05, 0.1) is 5.92 Å². The zero-order chi connectivity index (χ0) is 21.0. The number of hydrogen-bond acceptors (Lipinski definition) is 4. The van der Waals surface area contributed by atoms with E-state index in [0.29, 0.717) is 36.5 Å². The van der Waals surface area contributed by atoms with Crippen LogP contribution in [0.3, 0.4) is 0 Å². The molecule has 1 fully saturated rings. The molecule has 0 radical (unpaired) electrons. The summed E-state index contributed by atoms with van der Waals surface area (Å²) in [5.74, 6) is -0.604. The summed E-state index contributed by atoms with van der Waals surface area (Å²) in [6.07, 6.45) is 1.43. The minimum absolute atomic E-state index is 0.0537.